The van der Waals surface area contributed by atoms with Crippen LogP contribution in [0.25, 0.3) is 10.2 Å². The Bertz CT molecular complexity index is 1560. The van der Waals surface area contributed by atoms with E-state index >= 15 is 0 Å². The molecule has 2 saturated heterocycles. The van der Waals surface area contributed by atoms with Crippen LogP contribution in [0.4, 0.5) is 10.1 Å². The number of thiazole rings is 1. The minimum Gasteiger partial charge on any atom is -0.369 e. The van der Waals surface area contributed by atoms with Crippen molar-refractivity contribution in [1.82, 2.24) is 19.5 Å². The van der Waals surface area contributed by atoms with E-state index in [1.807, 2.05) is 4.90 Å². The van der Waals surface area contributed by atoms with E-state index in [0.29, 0.717) is 24.3 Å². The summed E-state index contributed by atoms with van der Waals surface area (Å²) in [6.07, 6.45) is 0.343. The third kappa shape index (κ3) is 4.06. The van der Waals surface area contributed by atoms with Gasteiger partial charge in [-0.05, 0) is 36.8 Å². The van der Waals surface area contributed by atoms with Gasteiger partial charge in [0.25, 0.3) is 5.91 Å². The Morgan fingerprint density at radius 1 is 1.05 bits per heavy atom. The van der Waals surface area contributed by atoms with E-state index in [2.05, 4.69) is 10.3 Å². The third-order valence-electron chi connectivity index (χ3n) is 7.12. The topological polar surface area (TPSA) is 120 Å². The third-order valence-corrected chi connectivity index (χ3v) is 9.80. The summed E-state index contributed by atoms with van der Waals surface area (Å²) in [4.78, 5) is 44.7. The zero-order chi connectivity index (χ0) is 25.9. The summed E-state index contributed by atoms with van der Waals surface area (Å²) in [5.74, 6) is -1.95. The second-order valence-electron chi connectivity index (χ2n) is 9.22. The smallest absolute Gasteiger partial charge is 0.255 e. The molecule has 4 heterocycles. The van der Waals surface area contributed by atoms with Crippen LogP contribution in [0.15, 0.2) is 40.7 Å². The van der Waals surface area contributed by atoms with Gasteiger partial charge in [-0.2, -0.15) is 4.31 Å². The molecule has 0 radical (unpaired) electrons. The van der Waals surface area contributed by atoms with Crippen molar-refractivity contribution in [3.05, 3.63) is 52.8 Å². The van der Waals surface area contributed by atoms with Gasteiger partial charge in [-0.3, -0.25) is 19.7 Å². The lowest BCUT2D eigenvalue weighted by Crippen LogP contribution is -2.52. The van der Waals surface area contributed by atoms with E-state index < -0.39 is 33.7 Å². The molecule has 0 aliphatic carbocycles. The second kappa shape index (κ2) is 8.85. The highest BCUT2D eigenvalue weighted by molar-refractivity contribution is 7.89. The number of nitrogens with zero attached hydrogens (tertiary/aromatic N) is 4. The van der Waals surface area contributed by atoms with E-state index in [1.54, 1.807) is 23.7 Å². The highest BCUT2D eigenvalue weighted by atomic mass is 32.2. The van der Waals surface area contributed by atoms with Gasteiger partial charge in [0.05, 0.1) is 20.6 Å². The van der Waals surface area contributed by atoms with E-state index in [9.17, 15) is 27.2 Å². The molecule has 0 bridgehead atoms. The van der Waals surface area contributed by atoms with Crippen molar-refractivity contribution in [3.63, 3.8) is 0 Å². The van der Waals surface area contributed by atoms with E-state index in [-0.39, 0.29) is 48.8 Å². The number of amides is 3. The summed E-state index contributed by atoms with van der Waals surface area (Å²) < 4.78 is 43.3. The molecule has 0 saturated carbocycles. The van der Waals surface area contributed by atoms with Gasteiger partial charge in [0.1, 0.15) is 11.9 Å². The van der Waals surface area contributed by atoms with Crippen molar-refractivity contribution in [2.24, 2.45) is 0 Å². The molecule has 1 aromatic heterocycles. The summed E-state index contributed by atoms with van der Waals surface area (Å²) in [6.45, 7) is 1.12. The number of imide groups is 1. The van der Waals surface area contributed by atoms with Crippen LogP contribution in [-0.4, -0.2) is 72.5 Å². The lowest BCUT2D eigenvalue weighted by Gasteiger charge is -2.36. The number of anilines is 1. The number of rotatable bonds is 4. The molecule has 1 unspecified atom stereocenters. The Hall–Kier alpha value is -3.42. The van der Waals surface area contributed by atoms with E-state index in [4.69, 9.17) is 0 Å². The molecule has 37 heavy (non-hydrogen) atoms. The van der Waals surface area contributed by atoms with E-state index in [1.165, 1.54) is 32.7 Å². The molecule has 0 spiro atoms. The Labute approximate surface area is 215 Å². The van der Waals surface area contributed by atoms with Crippen LogP contribution in [0.5, 0.6) is 0 Å². The molecule has 1 N–H and O–H groups in total. The number of piperazine rings is 1. The highest BCUT2D eigenvalue weighted by Gasteiger charge is 2.41. The number of benzene rings is 2. The largest absolute Gasteiger partial charge is 0.369 e. The normalized spacial score (nSPS) is 21.0. The molecule has 192 valence electrons. The fraction of sp³-hybridized carbons (Fsp3) is 0.333. The standard InChI is InChI=1S/C24H22FN5O5S2/c25-14-9-16-17(12-30(24(16)33)19-3-4-22(31)27-23(19)32)20(10-14)28-5-7-29(8-6-28)37(34,35)15-1-2-18-21(11-15)36-13-26-18/h1-2,9-11,13,19H,3-8,12H2,(H,27,31,32). The number of piperidine rings is 1. The maximum Gasteiger partial charge on any atom is 0.255 e. The lowest BCUT2D eigenvalue weighted by molar-refractivity contribution is -0.136. The van der Waals surface area contributed by atoms with Gasteiger partial charge in [-0.15, -0.1) is 11.3 Å². The first-order valence-corrected chi connectivity index (χ1v) is 14.1. The fourth-order valence-corrected chi connectivity index (χ4v) is 7.44. The molecule has 3 aliphatic heterocycles. The van der Waals surface area contributed by atoms with Crippen LogP contribution in [0.1, 0.15) is 28.8 Å². The van der Waals surface area contributed by atoms with Crippen molar-refractivity contribution < 1.29 is 27.2 Å². The fourth-order valence-electron chi connectivity index (χ4n) is 5.20. The van der Waals surface area contributed by atoms with Gasteiger partial charge >= 0.3 is 0 Å². The van der Waals surface area contributed by atoms with Gasteiger partial charge in [-0.1, -0.05) is 0 Å². The van der Waals surface area contributed by atoms with Crippen LogP contribution < -0.4 is 10.2 Å². The maximum atomic E-state index is 14.6. The Balaban J connectivity index is 1.22. The number of aromatic nitrogens is 1. The minimum atomic E-state index is -3.72. The molecule has 2 fully saturated rings. The SMILES string of the molecule is O=C1CCC(N2Cc3c(cc(F)cc3N3CCN(S(=O)(=O)c4ccc5ncsc5c4)CC3)C2=O)C(=O)N1. The number of halogens is 1. The summed E-state index contributed by atoms with van der Waals surface area (Å²) in [7, 11) is -3.72. The molecule has 3 aliphatic rings. The van der Waals surface area contributed by atoms with Crippen LogP contribution in [0.3, 0.4) is 0 Å². The quantitative estimate of drug-likeness (QED) is 0.498. The van der Waals surface area contributed by atoms with Crippen molar-refractivity contribution in [3.8, 4) is 0 Å². The van der Waals surface area contributed by atoms with Crippen molar-refractivity contribution in [2.75, 3.05) is 31.1 Å². The monoisotopic (exact) mass is 543 g/mol. The molecule has 10 nitrogen and oxygen atoms in total. The summed E-state index contributed by atoms with van der Waals surface area (Å²) in [5, 5.41) is 2.26. The van der Waals surface area contributed by atoms with Crippen molar-refractivity contribution >= 4 is 55.0 Å². The minimum absolute atomic E-state index is 0.115. The number of carbonyl (C=O) groups excluding carboxylic acids is 3. The first-order chi connectivity index (χ1) is 17.7. The van der Waals surface area contributed by atoms with Crippen LogP contribution in [0, 0.1) is 5.82 Å². The number of hydrogen-bond donors (Lipinski definition) is 1. The average molecular weight is 544 g/mol. The maximum absolute atomic E-state index is 14.6. The van der Waals surface area contributed by atoms with Crippen molar-refractivity contribution in [2.45, 2.75) is 30.3 Å². The zero-order valence-corrected chi connectivity index (χ0v) is 21.1. The predicted octanol–water partition coefficient (Wildman–Crippen LogP) is 1.71. The van der Waals surface area contributed by atoms with Crippen molar-refractivity contribution in [1.29, 1.82) is 0 Å². The van der Waals surface area contributed by atoms with Crippen LogP contribution >= 0.6 is 11.3 Å². The highest BCUT2D eigenvalue weighted by Crippen LogP contribution is 2.36. The number of carbonyl (C=O) groups is 3. The molecule has 3 aromatic rings. The van der Waals surface area contributed by atoms with Crippen LogP contribution in [-0.2, 0) is 26.2 Å². The summed E-state index contributed by atoms with van der Waals surface area (Å²) in [6, 6.07) is 6.59. The number of sulfonamides is 1. The summed E-state index contributed by atoms with van der Waals surface area (Å²) in [5.41, 5.74) is 3.72. The van der Waals surface area contributed by atoms with Gasteiger partial charge in [0.15, 0.2) is 0 Å². The Morgan fingerprint density at radius 2 is 1.84 bits per heavy atom. The summed E-state index contributed by atoms with van der Waals surface area (Å²) >= 11 is 1.37. The van der Waals surface area contributed by atoms with Gasteiger partial charge in [-0.25, -0.2) is 17.8 Å². The van der Waals surface area contributed by atoms with Crippen LogP contribution in [0.2, 0.25) is 0 Å². The average Bonchev–Trinajstić information content (AvgIpc) is 3.48. The molecule has 1 atom stereocenters. The Morgan fingerprint density at radius 3 is 2.59 bits per heavy atom. The first-order valence-electron chi connectivity index (χ1n) is 11.8. The number of fused-ring (bicyclic) bond motifs is 2. The lowest BCUT2D eigenvalue weighted by atomic mass is 10.0. The molecular weight excluding hydrogens is 521 g/mol. The van der Waals surface area contributed by atoms with E-state index in [0.717, 1.165) is 10.2 Å². The molecule has 6 rings (SSSR count). The van der Waals surface area contributed by atoms with Gasteiger partial charge < -0.3 is 9.80 Å². The zero-order valence-electron chi connectivity index (χ0n) is 19.5. The second-order valence-corrected chi connectivity index (χ2v) is 12.0. The number of nitrogens with one attached hydrogen (secondary N) is 1. The first kappa shape index (κ1) is 23.9. The Kier molecular flexibility index (Phi) is 5.73. The molecule has 3 amide bonds. The van der Waals surface area contributed by atoms with Gasteiger partial charge in [0, 0.05) is 56.0 Å². The van der Waals surface area contributed by atoms with Gasteiger partial charge in [0.2, 0.25) is 21.8 Å². The number of hydrogen-bond acceptors (Lipinski definition) is 8. The molecule has 13 heteroatoms. The predicted molar refractivity (Wildman–Crippen MR) is 133 cm³/mol. The molecule has 2 aromatic carbocycles. The molecular formula is C24H22FN5O5S2.